The highest BCUT2D eigenvalue weighted by atomic mass is 35.5. The predicted octanol–water partition coefficient (Wildman–Crippen LogP) is 1.10. The summed E-state index contributed by atoms with van der Waals surface area (Å²) < 4.78 is 5.76. The summed E-state index contributed by atoms with van der Waals surface area (Å²) in [6.45, 7) is 6.79. The molecule has 2 amide bonds. The number of amides is 2. The lowest BCUT2D eigenvalue weighted by Gasteiger charge is -2.38. The van der Waals surface area contributed by atoms with E-state index in [1.165, 1.54) is 12.8 Å². The molecule has 3 saturated heterocycles. The summed E-state index contributed by atoms with van der Waals surface area (Å²) in [5, 5.41) is 0.619. The normalized spacial score (nSPS) is 26.0. The summed E-state index contributed by atoms with van der Waals surface area (Å²) in [7, 11) is 0. The van der Waals surface area contributed by atoms with Crippen molar-refractivity contribution in [2.75, 3.05) is 52.4 Å². The summed E-state index contributed by atoms with van der Waals surface area (Å²) in [6.07, 6.45) is 4.49. The van der Waals surface area contributed by atoms with Crippen LogP contribution in [0.1, 0.15) is 36.0 Å². The summed E-state index contributed by atoms with van der Waals surface area (Å²) in [6, 6.07) is 6.98. The molecule has 0 bridgehead atoms. The minimum absolute atomic E-state index is 0.00926. The number of carbonyl (C=O) groups excluding carboxylic acids is 2. The Labute approximate surface area is 177 Å². The minimum Gasteiger partial charge on any atom is -0.372 e. The number of benzene rings is 1. The van der Waals surface area contributed by atoms with Crippen LogP contribution in [0.4, 0.5) is 0 Å². The second-order valence-electron chi connectivity index (χ2n) is 8.51. The monoisotopic (exact) mass is 420 g/mol. The fourth-order valence-electron chi connectivity index (χ4n) is 4.77. The fraction of sp³-hybridized carbons (Fsp3) is 0.636. The Morgan fingerprint density at radius 2 is 1.79 bits per heavy atom. The third-order valence-electron chi connectivity index (χ3n) is 6.47. The quantitative estimate of drug-likeness (QED) is 0.793. The molecule has 0 radical (unpaired) electrons. The van der Waals surface area contributed by atoms with Crippen molar-refractivity contribution in [1.29, 1.82) is 0 Å². The predicted molar refractivity (Wildman–Crippen MR) is 111 cm³/mol. The van der Waals surface area contributed by atoms with E-state index >= 15 is 0 Å². The molecule has 2 atom stereocenters. The Kier molecular flexibility index (Phi) is 6.73. The molecule has 0 saturated carbocycles. The molecule has 158 valence electrons. The number of piperidine rings is 1. The van der Waals surface area contributed by atoms with E-state index in [1.54, 1.807) is 29.2 Å². The lowest BCUT2D eigenvalue weighted by Crippen LogP contribution is -3.15. The van der Waals surface area contributed by atoms with Crippen molar-refractivity contribution >= 4 is 23.4 Å². The first-order valence-electron chi connectivity index (χ1n) is 10.9. The minimum atomic E-state index is -0.0836. The Morgan fingerprint density at radius 1 is 1.03 bits per heavy atom. The number of rotatable bonds is 4. The zero-order chi connectivity index (χ0) is 20.2. The summed E-state index contributed by atoms with van der Waals surface area (Å²) in [5.41, 5.74) is 0.633. The van der Waals surface area contributed by atoms with Gasteiger partial charge in [-0.2, -0.15) is 0 Å². The van der Waals surface area contributed by atoms with Crippen LogP contribution >= 0.6 is 11.6 Å². The van der Waals surface area contributed by atoms with Crippen LogP contribution in [0.5, 0.6) is 0 Å². The number of nitrogens with zero attached hydrogens (tertiary/aromatic N) is 2. The number of piperazine rings is 1. The van der Waals surface area contributed by atoms with Crippen LogP contribution in [0.25, 0.3) is 0 Å². The molecule has 3 aliphatic rings. The van der Waals surface area contributed by atoms with Crippen molar-refractivity contribution in [3.05, 3.63) is 34.9 Å². The zero-order valence-electron chi connectivity index (χ0n) is 16.9. The molecule has 0 unspecified atom stereocenters. The molecule has 3 aliphatic heterocycles. The van der Waals surface area contributed by atoms with Gasteiger partial charge in [0, 0.05) is 30.3 Å². The maximum Gasteiger partial charge on any atom is 0.253 e. The van der Waals surface area contributed by atoms with Crippen LogP contribution < -0.4 is 4.90 Å². The van der Waals surface area contributed by atoms with E-state index in [0.29, 0.717) is 29.8 Å². The number of quaternary nitrogens is 1. The van der Waals surface area contributed by atoms with Gasteiger partial charge in [-0.15, -0.1) is 0 Å². The second kappa shape index (κ2) is 9.45. The Balaban J connectivity index is 1.28. The van der Waals surface area contributed by atoms with E-state index in [0.717, 1.165) is 52.2 Å². The van der Waals surface area contributed by atoms with E-state index in [-0.39, 0.29) is 17.7 Å². The Hall–Kier alpha value is -1.63. The SMILES string of the molecule is O=C(c1ccc(Cl)cc1)N1CCC[C@@H](C(=O)N2CC[NH+](C[C@@H]3CCCO3)CC2)C1. The molecule has 29 heavy (non-hydrogen) atoms. The van der Waals surface area contributed by atoms with Gasteiger partial charge in [0.25, 0.3) is 5.91 Å². The molecular weight excluding hydrogens is 390 g/mol. The first-order valence-corrected chi connectivity index (χ1v) is 11.3. The van der Waals surface area contributed by atoms with E-state index < -0.39 is 0 Å². The van der Waals surface area contributed by atoms with Crippen LogP contribution in [-0.4, -0.2) is 80.1 Å². The summed E-state index contributed by atoms with van der Waals surface area (Å²) in [4.78, 5) is 31.3. The maximum absolute atomic E-state index is 13.1. The smallest absolute Gasteiger partial charge is 0.253 e. The third kappa shape index (κ3) is 5.11. The number of carbonyl (C=O) groups is 2. The molecule has 1 aromatic carbocycles. The van der Waals surface area contributed by atoms with Gasteiger partial charge in [-0.25, -0.2) is 0 Å². The van der Waals surface area contributed by atoms with Gasteiger partial charge in [-0.1, -0.05) is 11.6 Å². The average Bonchev–Trinajstić information content (AvgIpc) is 3.27. The topological polar surface area (TPSA) is 54.3 Å². The number of likely N-dealkylation sites (tertiary alicyclic amines) is 1. The van der Waals surface area contributed by atoms with Gasteiger partial charge in [0.05, 0.1) is 32.1 Å². The molecule has 0 aliphatic carbocycles. The standard InChI is InChI=1S/C22H30ClN3O3/c23-19-7-5-17(6-8-19)21(27)26-9-1-3-18(15-26)22(28)25-12-10-24(11-13-25)16-20-4-2-14-29-20/h5-8,18,20H,1-4,9-16H2/p+1/t18-,20+/m1/s1. The molecule has 0 spiro atoms. The van der Waals surface area contributed by atoms with Crippen molar-refractivity contribution in [2.45, 2.75) is 31.8 Å². The number of halogens is 1. The number of nitrogens with one attached hydrogen (secondary N) is 1. The van der Waals surface area contributed by atoms with Crippen LogP contribution in [0.15, 0.2) is 24.3 Å². The van der Waals surface area contributed by atoms with Gasteiger partial charge in [0.1, 0.15) is 12.6 Å². The van der Waals surface area contributed by atoms with Crippen molar-refractivity contribution < 1.29 is 19.2 Å². The van der Waals surface area contributed by atoms with Crippen LogP contribution in [-0.2, 0) is 9.53 Å². The largest absolute Gasteiger partial charge is 0.372 e. The lowest BCUT2D eigenvalue weighted by atomic mass is 9.95. The number of hydrogen-bond acceptors (Lipinski definition) is 3. The summed E-state index contributed by atoms with van der Waals surface area (Å²) >= 11 is 5.93. The molecule has 3 heterocycles. The summed E-state index contributed by atoms with van der Waals surface area (Å²) in [5.74, 6) is 0.125. The number of hydrogen-bond donors (Lipinski definition) is 1. The Morgan fingerprint density at radius 3 is 2.48 bits per heavy atom. The second-order valence-corrected chi connectivity index (χ2v) is 8.95. The van der Waals surface area contributed by atoms with Crippen molar-refractivity contribution in [2.24, 2.45) is 5.92 Å². The highest BCUT2D eigenvalue weighted by Crippen LogP contribution is 2.21. The molecule has 6 nitrogen and oxygen atoms in total. The van der Waals surface area contributed by atoms with E-state index in [9.17, 15) is 9.59 Å². The van der Waals surface area contributed by atoms with E-state index in [4.69, 9.17) is 16.3 Å². The molecule has 0 aromatic heterocycles. The molecule has 1 N–H and O–H groups in total. The fourth-order valence-corrected chi connectivity index (χ4v) is 4.90. The van der Waals surface area contributed by atoms with Gasteiger partial charge in [-0.3, -0.25) is 9.59 Å². The van der Waals surface area contributed by atoms with Crippen LogP contribution in [0.2, 0.25) is 5.02 Å². The van der Waals surface area contributed by atoms with Gasteiger partial charge < -0.3 is 19.4 Å². The average molecular weight is 421 g/mol. The first kappa shape index (κ1) is 20.6. The van der Waals surface area contributed by atoms with E-state index in [2.05, 4.69) is 0 Å². The Bertz CT molecular complexity index is 713. The van der Waals surface area contributed by atoms with E-state index in [1.807, 2.05) is 9.80 Å². The highest BCUT2D eigenvalue weighted by Gasteiger charge is 2.34. The molecule has 7 heteroatoms. The lowest BCUT2D eigenvalue weighted by molar-refractivity contribution is -0.906. The highest BCUT2D eigenvalue weighted by molar-refractivity contribution is 6.30. The van der Waals surface area contributed by atoms with Crippen LogP contribution in [0.3, 0.4) is 0 Å². The van der Waals surface area contributed by atoms with Crippen LogP contribution in [0, 0.1) is 5.92 Å². The maximum atomic E-state index is 13.1. The van der Waals surface area contributed by atoms with Crippen molar-refractivity contribution in [3.8, 4) is 0 Å². The van der Waals surface area contributed by atoms with Crippen molar-refractivity contribution in [3.63, 3.8) is 0 Å². The molecule has 4 rings (SSSR count). The van der Waals surface area contributed by atoms with Gasteiger partial charge in [0.2, 0.25) is 5.91 Å². The third-order valence-corrected chi connectivity index (χ3v) is 6.72. The van der Waals surface area contributed by atoms with Gasteiger partial charge in [0.15, 0.2) is 0 Å². The number of ether oxygens (including phenoxy) is 1. The first-order chi connectivity index (χ1) is 14.1. The molecule has 1 aromatic rings. The zero-order valence-corrected chi connectivity index (χ0v) is 17.7. The molecular formula is C22H31ClN3O3+. The van der Waals surface area contributed by atoms with Gasteiger partial charge in [-0.05, 0) is 49.9 Å². The van der Waals surface area contributed by atoms with Crippen molar-refractivity contribution in [1.82, 2.24) is 9.80 Å². The van der Waals surface area contributed by atoms with Gasteiger partial charge >= 0.3 is 0 Å². The molecule has 3 fully saturated rings.